The van der Waals surface area contributed by atoms with Crippen molar-refractivity contribution in [1.82, 2.24) is 15.5 Å². The fraction of sp³-hybridized carbons (Fsp3) is 0.562. The summed E-state index contributed by atoms with van der Waals surface area (Å²) in [5.41, 5.74) is 2.50. The first kappa shape index (κ1) is 29.3. The van der Waals surface area contributed by atoms with Gasteiger partial charge >= 0.3 is 0 Å². The highest BCUT2D eigenvalue weighted by atomic mass is 19.1. The van der Waals surface area contributed by atoms with E-state index in [0.29, 0.717) is 50.0 Å². The number of nitrogens with zero attached hydrogens (tertiary/aromatic N) is 2. The Morgan fingerprint density at radius 3 is 2.61 bits per heavy atom. The SMILES string of the molecule is COc1cccc(C(=O)NC(CC2CCCCC2)C(=O)N[C@@H](CN2CCOCC2)CN2CCc3cc(F)ccc32)c1. The zero-order valence-corrected chi connectivity index (χ0v) is 24.1. The Morgan fingerprint density at radius 2 is 1.83 bits per heavy atom. The number of anilines is 1. The van der Waals surface area contributed by atoms with Crippen LogP contribution in [0.15, 0.2) is 42.5 Å². The summed E-state index contributed by atoms with van der Waals surface area (Å²) in [6.07, 6.45) is 7.12. The van der Waals surface area contributed by atoms with Crippen molar-refractivity contribution < 1.29 is 23.5 Å². The van der Waals surface area contributed by atoms with E-state index in [0.717, 1.165) is 63.0 Å². The molecule has 2 fully saturated rings. The molecule has 3 aliphatic rings. The van der Waals surface area contributed by atoms with Crippen molar-refractivity contribution in [3.05, 3.63) is 59.4 Å². The number of ether oxygens (including phenoxy) is 2. The third-order valence-electron chi connectivity index (χ3n) is 8.65. The zero-order chi connectivity index (χ0) is 28.6. The van der Waals surface area contributed by atoms with Crippen molar-refractivity contribution >= 4 is 17.5 Å². The third-order valence-corrected chi connectivity index (χ3v) is 8.65. The van der Waals surface area contributed by atoms with Gasteiger partial charge in [0.05, 0.1) is 26.4 Å². The van der Waals surface area contributed by atoms with E-state index in [9.17, 15) is 14.0 Å². The van der Waals surface area contributed by atoms with Crippen molar-refractivity contribution in [2.24, 2.45) is 5.92 Å². The monoisotopic (exact) mass is 566 g/mol. The smallest absolute Gasteiger partial charge is 0.252 e. The van der Waals surface area contributed by atoms with Crippen molar-refractivity contribution in [1.29, 1.82) is 0 Å². The van der Waals surface area contributed by atoms with E-state index in [1.54, 1.807) is 37.4 Å². The van der Waals surface area contributed by atoms with Gasteiger partial charge in [-0.3, -0.25) is 14.5 Å². The first-order valence-electron chi connectivity index (χ1n) is 15.1. The standard InChI is InChI=1S/C32H43FN4O4/c1-40-28-9-5-8-25(20-28)31(38)35-29(18-23-6-3-2-4-7-23)32(39)34-27(21-36-14-16-41-17-15-36)22-37-13-12-24-19-26(33)10-11-30(24)37/h5,8-11,19-20,23,27,29H,2-4,6-7,12-18,21-22H2,1H3,(H,34,39)(H,35,38)/t27-,29?/m0/s1. The highest BCUT2D eigenvalue weighted by Gasteiger charge is 2.30. The molecule has 0 spiro atoms. The Labute approximate surface area is 242 Å². The number of rotatable bonds is 11. The van der Waals surface area contributed by atoms with Crippen molar-refractivity contribution in [2.45, 2.75) is 57.0 Å². The molecule has 2 N–H and O–H groups in total. The Balaban J connectivity index is 1.32. The molecule has 2 atom stereocenters. The molecule has 2 aromatic carbocycles. The van der Waals surface area contributed by atoms with Crippen molar-refractivity contribution in [3.63, 3.8) is 0 Å². The summed E-state index contributed by atoms with van der Waals surface area (Å²) in [6, 6.07) is 11.2. The molecule has 0 radical (unpaired) electrons. The van der Waals surface area contributed by atoms with Gasteiger partial charge in [-0.25, -0.2) is 4.39 Å². The van der Waals surface area contributed by atoms with Gasteiger partial charge in [0.1, 0.15) is 17.6 Å². The lowest BCUT2D eigenvalue weighted by Crippen LogP contribution is -2.56. The first-order chi connectivity index (χ1) is 20.0. The van der Waals surface area contributed by atoms with Crippen LogP contribution in [-0.4, -0.2) is 81.8 Å². The predicted molar refractivity (Wildman–Crippen MR) is 157 cm³/mol. The second-order valence-electron chi connectivity index (χ2n) is 11.6. The van der Waals surface area contributed by atoms with E-state index in [-0.39, 0.29) is 23.7 Å². The Morgan fingerprint density at radius 1 is 1.02 bits per heavy atom. The fourth-order valence-electron chi connectivity index (χ4n) is 6.43. The van der Waals surface area contributed by atoms with Crippen LogP contribution in [0.5, 0.6) is 5.75 Å². The summed E-state index contributed by atoms with van der Waals surface area (Å²) < 4.78 is 24.7. The van der Waals surface area contributed by atoms with E-state index in [1.165, 1.54) is 12.5 Å². The topological polar surface area (TPSA) is 83.1 Å². The normalized spacial score (nSPS) is 19.3. The Kier molecular flexibility index (Phi) is 10.1. The highest BCUT2D eigenvalue weighted by Crippen LogP contribution is 2.29. The van der Waals surface area contributed by atoms with Gasteiger partial charge in [0.15, 0.2) is 0 Å². The molecule has 2 heterocycles. The van der Waals surface area contributed by atoms with Crippen LogP contribution in [0.25, 0.3) is 0 Å². The molecule has 1 unspecified atom stereocenters. The lowest BCUT2D eigenvalue weighted by molar-refractivity contribution is -0.124. The van der Waals surface area contributed by atoms with Crippen LogP contribution >= 0.6 is 0 Å². The number of benzene rings is 2. The molecular formula is C32H43FN4O4. The van der Waals surface area contributed by atoms with Crippen LogP contribution in [0.1, 0.15) is 54.4 Å². The number of hydrogen-bond donors (Lipinski definition) is 2. The minimum absolute atomic E-state index is 0.149. The number of hydrogen-bond acceptors (Lipinski definition) is 6. The van der Waals surface area contributed by atoms with E-state index in [4.69, 9.17) is 9.47 Å². The molecule has 5 rings (SSSR count). The largest absolute Gasteiger partial charge is 0.497 e. The number of methoxy groups -OCH3 is 1. The summed E-state index contributed by atoms with van der Waals surface area (Å²) in [5, 5.41) is 6.39. The number of nitrogens with one attached hydrogen (secondary N) is 2. The second kappa shape index (κ2) is 14.1. The van der Waals surface area contributed by atoms with Gasteiger partial charge in [0.2, 0.25) is 5.91 Å². The van der Waals surface area contributed by atoms with Gasteiger partial charge in [-0.1, -0.05) is 38.2 Å². The molecule has 2 aromatic rings. The predicted octanol–water partition coefficient (Wildman–Crippen LogP) is 3.78. The minimum atomic E-state index is -0.635. The van der Waals surface area contributed by atoms with Crippen LogP contribution in [0.2, 0.25) is 0 Å². The average Bonchev–Trinajstić information content (AvgIpc) is 3.39. The third kappa shape index (κ3) is 7.98. The molecule has 41 heavy (non-hydrogen) atoms. The maximum Gasteiger partial charge on any atom is 0.252 e. The number of carbonyl (C=O) groups is 2. The van der Waals surface area contributed by atoms with Gasteiger partial charge in [0, 0.05) is 44.0 Å². The quantitative estimate of drug-likeness (QED) is 0.431. The average molecular weight is 567 g/mol. The van der Waals surface area contributed by atoms with Crippen LogP contribution in [0.3, 0.4) is 0 Å². The second-order valence-corrected chi connectivity index (χ2v) is 11.6. The van der Waals surface area contributed by atoms with Crippen molar-refractivity contribution in [3.8, 4) is 5.75 Å². The van der Waals surface area contributed by atoms with Crippen LogP contribution < -0.4 is 20.3 Å². The molecule has 0 bridgehead atoms. The number of morpholine rings is 1. The van der Waals surface area contributed by atoms with E-state index in [2.05, 4.69) is 20.4 Å². The lowest BCUT2D eigenvalue weighted by atomic mass is 9.84. The molecule has 8 nitrogen and oxygen atoms in total. The van der Waals surface area contributed by atoms with Gasteiger partial charge in [0.25, 0.3) is 5.91 Å². The van der Waals surface area contributed by atoms with E-state index in [1.807, 2.05) is 6.07 Å². The molecule has 0 aromatic heterocycles. The molecule has 2 amide bonds. The summed E-state index contributed by atoms with van der Waals surface area (Å²) in [4.78, 5) is 31.8. The molecular weight excluding hydrogens is 523 g/mol. The van der Waals surface area contributed by atoms with Crippen LogP contribution in [0, 0.1) is 11.7 Å². The molecule has 1 aliphatic carbocycles. The molecule has 1 saturated heterocycles. The number of amides is 2. The maximum atomic E-state index is 14.0. The molecule has 1 saturated carbocycles. The number of halogens is 1. The number of carbonyl (C=O) groups excluding carboxylic acids is 2. The molecule has 2 aliphatic heterocycles. The van der Waals surface area contributed by atoms with Gasteiger partial charge in [-0.15, -0.1) is 0 Å². The maximum absolute atomic E-state index is 14.0. The highest BCUT2D eigenvalue weighted by molar-refractivity contribution is 5.97. The zero-order valence-electron chi connectivity index (χ0n) is 24.1. The Bertz CT molecular complexity index is 1180. The molecule has 9 heteroatoms. The lowest BCUT2D eigenvalue weighted by Gasteiger charge is -2.34. The van der Waals surface area contributed by atoms with E-state index < -0.39 is 6.04 Å². The fourth-order valence-corrected chi connectivity index (χ4v) is 6.43. The summed E-state index contributed by atoms with van der Waals surface area (Å²) in [7, 11) is 1.57. The molecule has 222 valence electrons. The van der Waals surface area contributed by atoms with Gasteiger partial charge in [-0.2, -0.15) is 0 Å². The van der Waals surface area contributed by atoms with Gasteiger partial charge < -0.3 is 25.0 Å². The number of fused-ring (bicyclic) bond motifs is 1. The van der Waals surface area contributed by atoms with Crippen LogP contribution in [-0.2, 0) is 16.0 Å². The minimum Gasteiger partial charge on any atom is -0.497 e. The van der Waals surface area contributed by atoms with Gasteiger partial charge in [-0.05, 0) is 60.7 Å². The van der Waals surface area contributed by atoms with Crippen molar-refractivity contribution in [2.75, 3.05) is 57.9 Å². The Hall–Kier alpha value is -3.17. The summed E-state index contributed by atoms with van der Waals surface area (Å²) in [6.45, 7) is 5.05. The van der Waals surface area contributed by atoms with E-state index >= 15 is 0 Å². The first-order valence-corrected chi connectivity index (χ1v) is 15.1. The summed E-state index contributed by atoms with van der Waals surface area (Å²) in [5.74, 6) is 0.357. The summed E-state index contributed by atoms with van der Waals surface area (Å²) >= 11 is 0. The van der Waals surface area contributed by atoms with Crippen LogP contribution in [0.4, 0.5) is 10.1 Å².